The zero-order chi connectivity index (χ0) is 13.0. The van der Waals surface area contributed by atoms with Crippen LogP contribution in [-0.2, 0) is 0 Å². The SMILES string of the molecule is CN(C(=O)NC1CCCCC1)[C@@H]1CCCC[C@H]1O. The Labute approximate surface area is 110 Å². The van der Waals surface area contributed by atoms with E-state index in [2.05, 4.69) is 5.32 Å². The van der Waals surface area contributed by atoms with Crippen LogP contribution in [0.5, 0.6) is 0 Å². The fourth-order valence-corrected chi connectivity index (χ4v) is 3.22. The summed E-state index contributed by atoms with van der Waals surface area (Å²) in [6.07, 6.45) is 9.55. The molecule has 2 saturated carbocycles. The van der Waals surface area contributed by atoms with Crippen LogP contribution in [0.15, 0.2) is 0 Å². The van der Waals surface area contributed by atoms with E-state index in [4.69, 9.17) is 0 Å². The largest absolute Gasteiger partial charge is 0.391 e. The molecule has 0 aliphatic heterocycles. The molecule has 0 bridgehead atoms. The molecule has 4 nitrogen and oxygen atoms in total. The molecular formula is C14H26N2O2. The first kappa shape index (κ1) is 13.7. The minimum atomic E-state index is -0.346. The van der Waals surface area contributed by atoms with Gasteiger partial charge in [0.1, 0.15) is 0 Å². The normalized spacial score (nSPS) is 29.9. The average molecular weight is 254 g/mol. The molecule has 0 aromatic heterocycles. The van der Waals surface area contributed by atoms with Gasteiger partial charge in [0.2, 0.25) is 0 Å². The van der Waals surface area contributed by atoms with E-state index in [1.54, 1.807) is 4.90 Å². The minimum Gasteiger partial charge on any atom is -0.391 e. The van der Waals surface area contributed by atoms with Crippen LogP contribution < -0.4 is 5.32 Å². The van der Waals surface area contributed by atoms with Crippen molar-refractivity contribution in [2.45, 2.75) is 76.0 Å². The van der Waals surface area contributed by atoms with Gasteiger partial charge < -0.3 is 15.3 Å². The van der Waals surface area contributed by atoms with Crippen molar-refractivity contribution >= 4 is 6.03 Å². The highest BCUT2D eigenvalue weighted by Crippen LogP contribution is 2.23. The first-order chi connectivity index (χ1) is 8.68. The maximum Gasteiger partial charge on any atom is 0.317 e. The van der Waals surface area contributed by atoms with Crippen molar-refractivity contribution in [2.24, 2.45) is 0 Å². The Kier molecular flexibility index (Phi) is 4.87. The lowest BCUT2D eigenvalue weighted by Gasteiger charge is -2.36. The van der Waals surface area contributed by atoms with Crippen LogP contribution in [0.4, 0.5) is 4.79 Å². The monoisotopic (exact) mass is 254 g/mol. The fourth-order valence-electron chi connectivity index (χ4n) is 3.22. The highest BCUT2D eigenvalue weighted by Gasteiger charge is 2.30. The van der Waals surface area contributed by atoms with E-state index < -0.39 is 0 Å². The Morgan fingerprint density at radius 2 is 1.67 bits per heavy atom. The van der Waals surface area contributed by atoms with Crippen LogP contribution in [0.25, 0.3) is 0 Å². The highest BCUT2D eigenvalue weighted by molar-refractivity contribution is 5.74. The molecule has 18 heavy (non-hydrogen) atoms. The van der Waals surface area contributed by atoms with Crippen LogP contribution in [-0.4, -0.2) is 41.3 Å². The van der Waals surface area contributed by atoms with Crippen molar-refractivity contribution in [1.82, 2.24) is 10.2 Å². The van der Waals surface area contributed by atoms with E-state index >= 15 is 0 Å². The van der Waals surface area contributed by atoms with Crippen LogP contribution >= 0.6 is 0 Å². The fraction of sp³-hybridized carbons (Fsp3) is 0.929. The second-order valence-electron chi connectivity index (χ2n) is 5.81. The molecule has 2 N–H and O–H groups in total. The van der Waals surface area contributed by atoms with Gasteiger partial charge in [-0.2, -0.15) is 0 Å². The molecule has 0 spiro atoms. The lowest BCUT2D eigenvalue weighted by Crippen LogP contribution is -2.52. The van der Waals surface area contributed by atoms with Crippen molar-refractivity contribution in [3.05, 3.63) is 0 Å². The highest BCUT2D eigenvalue weighted by atomic mass is 16.3. The van der Waals surface area contributed by atoms with Crippen molar-refractivity contribution in [3.8, 4) is 0 Å². The molecule has 2 rings (SSSR count). The molecule has 4 heteroatoms. The van der Waals surface area contributed by atoms with Gasteiger partial charge in [-0.05, 0) is 25.7 Å². The third-order valence-corrected chi connectivity index (χ3v) is 4.44. The van der Waals surface area contributed by atoms with Crippen molar-refractivity contribution < 1.29 is 9.90 Å². The number of likely N-dealkylation sites (N-methyl/N-ethyl adjacent to an activating group) is 1. The summed E-state index contributed by atoms with van der Waals surface area (Å²) >= 11 is 0. The van der Waals surface area contributed by atoms with E-state index in [1.807, 2.05) is 7.05 Å². The smallest absolute Gasteiger partial charge is 0.317 e. The van der Waals surface area contributed by atoms with E-state index in [0.29, 0.717) is 6.04 Å². The molecule has 2 aliphatic carbocycles. The lowest BCUT2D eigenvalue weighted by atomic mass is 9.91. The number of nitrogens with one attached hydrogen (secondary N) is 1. The topological polar surface area (TPSA) is 52.6 Å². The van der Waals surface area contributed by atoms with Gasteiger partial charge in [0.05, 0.1) is 12.1 Å². The predicted molar refractivity (Wildman–Crippen MR) is 71.4 cm³/mol. The van der Waals surface area contributed by atoms with E-state index in [-0.39, 0.29) is 18.2 Å². The summed E-state index contributed by atoms with van der Waals surface area (Å²) in [5, 5.41) is 13.1. The molecule has 104 valence electrons. The quantitative estimate of drug-likeness (QED) is 0.794. The molecule has 2 fully saturated rings. The number of carbonyl (C=O) groups is 1. The van der Waals surface area contributed by atoms with Gasteiger partial charge in [0.25, 0.3) is 0 Å². The number of amides is 2. The third kappa shape index (κ3) is 3.37. The third-order valence-electron chi connectivity index (χ3n) is 4.44. The second kappa shape index (κ2) is 6.41. The number of aliphatic hydroxyl groups is 1. The zero-order valence-corrected chi connectivity index (χ0v) is 11.4. The number of rotatable bonds is 2. The molecular weight excluding hydrogens is 228 g/mol. The van der Waals surface area contributed by atoms with Gasteiger partial charge in [-0.1, -0.05) is 32.1 Å². The molecule has 0 aromatic carbocycles. The van der Waals surface area contributed by atoms with E-state index in [1.165, 1.54) is 19.3 Å². The molecule has 0 radical (unpaired) electrons. The number of hydrogen-bond acceptors (Lipinski definition) is 2. The minimum absolute atomic E-state index is 0.00217. The predicted octanol–water partition coefficient (Wildman–Crippen LogP) is 2.26. The van der Waals surface area contributed by atoms with Crippen molar-refractivity contribution in [2.75, 3.05) is 7.05 Å². The first-order valence-corrected chi connectivity index (χ1v) is 7.40. The standard InChI is InChI=1S/C14H26N2O2/c1-16(12-9-5-6-10-13(12)17)14(18)15-11-7-3-2-4-8-11/h11-13,17H,2-10H2,1H3,(H,15,18)/t12-,13-/m1/s1. The van der Waals surface area contributed by atoms with Gasteiger partial charge in [-0.15, -0.1) is 0 Å². The van der Waals surface area contributed by atoms with Crippen LogP contribution in [0, 0.1) is 0 Å². The van der Waals surface area contributed by atoms with Crippen LogP contribution in [0.3, 0.4) is 0 Å². The maximum absolute atomic E-state index is 12.2. The molecule has 0 saturated heterocycles. The molecule has 0 heterocycles. The zero-order valence-electron chi connectivity index (χ0n) is 11.4. The van der Waals surface area contributed by atoms with E-state index in [9.17, 15) is 9.90 Å². The van der Waals surface area contributed by atoms with Gasteiger partial charge in [0.15, 0.2) is 0 Å². The molecule has 0 unspecified atom stereocenters. The Morgan fingerprint density at radius 1 is 1.06 bits per heavy atom. The first-order valence-electron chi connectivity index (χ1n) is 7.40. The second-order valence-corrected chi connectivity index (χ2v) is 5.81. The Morgan fingerprint density at radius 3 is 2.33 bits per heavy atom. The summed E-state index contributed by atoms with van der Waals surface area (Å²) in [5.41, 5.74) is 0. The molecule has 2 amide bonds. The van der Waals surface area contributed by atoms with Gasteiger partial charge >= 0.3 is 6.03 Å². The molecule has 2 atom stereocenters. The Bertz CT molecular complexity index is 277. The van der Waals surface area contributed by atoms with Gasteiger partial charge in [-0.25, -0.2) is 4.79 Å². The summed E-state index contributed by atoms with van der Waals surface area (Å²) in [5.74, 6) is 0. The number of urea groups is 1. The summed E-state index contributed by atoms with van der Waals surface area (Å²) < 4.78 is 0. The molecule has 0 aromatic rings. The van der Waals surface area contributed by atoms with Crippen molar-refractivity contribution in [1.29, 1.82) is 0 Å². The van der Waals surface area contributed by atoms with Crippen molar-refractivity contribution in [3.63, 3.8) is 0 Å². The Balaban J connectivity index is 1.83. The van der Waals surface area contributed by atoms with Gasteiger partial charge in [-0.3, -0.25) is 0 Å². The number of hydrogen-bond donors (Lipinski definition) is 2. The molecule has 2 aliphatic rings. The average Bonchev–Trinajstić information content (AvgIpc) is 2.39. The summed E-state index contributed by atoms with van der Waals surface area (Å²) in [4.78, 5) is 13.9. The summed E-state index contributed by atoms with van der Waals surface area (Å²) in [6.45, 7) is 0. The summed E-state index contributed by atoms with van der Waals surface area (Å²) in [7, 11) is 1.82. The van der Waals surface area contributed by atoms with Crippen LogP contribution in [0.2, 0.25) is 0 Å². The Hall–Kier alpha value is -0.770. The van der Waals surface area contributed by atoms with Crippen LogP contribution in [0.1, 0.15) is 57.8 Å². The number of aliphatic hydroxyl groups excluding tert-OH is 1. The maximum atomic E-state index is 12.2. The number of nitrogens with zero attached hydrogens (tertiary/aromatic N) is 1. The van der Waals surface area contributed by atoms with Gasteiger partial charge in [0, 0.05) is 13.1 Å². The van der Waals surface area contributed by atoms with E-state index in [0.717, 1.165) is 38.5 Å². The number of carbonyl (C=O) groups excluding carboxylic acids is 1. The lowest BCUT2D eigenvalue weighted by molar-refractivity contribution is 0.0456. The summed E-state index contributed by atoms with van der Waals surface area (Å²) in [6, 6.07) is 0.338.